The van der Waals surface area contributed by atoms with E-state index in [1.807, 2.05) is 11.5 Å². The van der Waals surface area contributed by atoms with Crippen LogP contribution >= 0.6 is 35.3 Å². The van der Waals surface area contributed by atoms with Gasteiger partial charge in [-0.2, -0.15) is 0 Å². The Kier molecular flexibility index (Phi) is 7.64. The van der Waals surface area contributed by atoms with Crippen LogP contribution in [0.2, 0.25) is 5.02 Å². The summed E-state index contributed by atoms with van der Waals surface area (Å²) >= 11 is 7.92. The van der Waals surface area contributed by atoms with Gasteiger partial charge in [0.1, 0.15) is 0 Å². The molecule has 2 aromatic rings. The quantitative estimate of drug-likeness (QED) is 0.597. The maximum Gasteiger partial charge on any atom is 0.0591 e. The van der Waals surface area contributed by atoms with Crippen molar-refractivity contribution in [2.75, 3.05) is 13.6 Å². The molecule has 0 aliphatic rings. The number of nitrogens with zero attached hydrogens (tertiary/aromatic N) is 1. The van der Waals surface area contributed by atoms with Crippen LogP contribution in [0.15, 0.2) is 35.7 Å². The van der Waals surface area contributed by atoms with Crippen LogP contribution in [0.3, 0.4) is 0 Å². The molecule has 0 fully saturated rings. The zero-order valence-electron chi connectivity index (χ0n) is 14.0. The van der Waals surface area contributed by atoms with Gasteiger partial charge in [0.25, 0.3) is 0 Å². The lowest BCUT2D eigenvalue weighted by Gasteiger charge is -2.14. The Labute approximate surface area is 154 Å². The van der Waals surface area contributed by atoms with Crippen LogP contribution in [-0.4, -0.2) is 18.5 Å². The molecule has 0 aliphatic heterocycles. The van der Waals surface area contributed by atoms with Gasteiger partial charge in [0.05, 0.1) is 5.02 Å². The summed E-state index contributed by atoms with van der Waals surface area (Å²) in [5.74, 6) is 6.31. The fraction of sp³-hybridized carbons (Fsp3) is 0.368. The molecule has 124 valence electrons. The number of hydrogen-bond donors (Lipinski definition) is 0. The van der Waals surface area contributed by atoms with Gasteiger partial charge < -0.3 is 0 Å². The molecule has 0 aliphatic carbocycles. The van der Waals surface area contributed by atoms with Crippen molar-refractivity contribution < 1.29 is 0 Å². The molecule has 2 rings (SSSR count). The number of allylic oxidation sites excluding steroid dienone is 1. The predicted molar refractivity (Wildman–Crippen MR) is 107 cm³/mol. The van der Waals surface area contributed by atoms with Gasteiger partial charge in [-0.3, -0.25) is 4.90 Å². The summed E-state index contributed by atoms with van der Waals surface area (Å²) in [6.45, 7) is 8.14. The molecule has 0 saturated carbocycles. The molecule has 4 heteroatoms. The third-order valence-corrected chi connectivity index (χ3v) is 4.65. The lowest BCUT2D eigenvalue weighted by atomic mass is 9.98. The summed E-state index contributed by atoms with van der Waals surface area (Å²) in [7, 11) is 2.12. The van der Waals surface area contributed by atoms with E-state index in [1.165, 1.54) is 10.3 Å². The highest BCUT2D eigenvalue weighted by Crippen LogP contribution is 2.32. The molecule has 0 amide bonds. The van der Waals surface area contributed by atoms with Gasteiger partial charge in [-0.1, -0.05) is 47.7 Å². The molecule has 1 heterocycles. The molecule has 0 atom stereocenters. The molecule has 1 nitrogen and oxygen atoms in total. The van der Waals surface area contributed by atoms with E-state index in [0.717, 1.165) is 23.5 Å². The minimum atomic E-state index is 0. The molecule has 1 aromatic carbocycles. The van der Waals surface area contributed by atoms with E-state index in [1.54, 1.807) is 11.3 Å². The number of hydrogen-bond acceptors (Lipinski definition) is 2. The van der Waals surface area contributed by atoms with Gasteiger partial charge >= 0.3 is 0 Å². The number of fused-ring (bicyclic) bond motifs is 1. The summed E-state index contributed by atoms with van der Waals surface area (Å²) in [6, 6.07) is 6.34. The second-order valence-electron chi connectivity index (χ2n) is 6.50. The number of thiophene rings is 1. The largest absolute Gasteiger partial charge is 0.298 e. The summed E-state index contributed by atoms with van der Waals surface area (Å²) in [4.78, 5) is 2.28. The van der Waals surface area contributed by atoms with Gasteiger partial charge in [0.2, 0.25) is 0 Å². The minimum Gasteiger partial charge on any atom is -0.298 e. The molecule has 0 spiro atoms. The molecule has 23 heavy (non-hydrogen) atoms. The lowest BCUT2D eigenvalue weighted by Crippen LogP contribution is -2.17. The number of likely N-dealkylation sites (N-methyl/N-ethyl adjacent to an activating group) is 1. The van der Waals surface area contributed by atoms with Crippen molar-refractivity contribution in [3.63, 3.8) is 0 Å². The van der Waals surface area contributed by atoms with Crippen LogP contribution in [-0.2, 0) is 6.54 Å². The van der Waals surface area contributed by atoms with Crippen molar-refractivity contribution in [3.8, 4) is 11.8 Å². The zero-order chi connectivity index (χ0) is 16.2. The molecular weight excluding hydrogens is 345 g/mol. The Morgan fingerprint density at radius 3 is 2.74 bits per heavy atom. The first-order chi connectivity index (χ1) is 10.4. The monoisotopic (exact) mass is 367 g/mol. The maximum absolute atomic E-state index is 6.21. The Hall–Kier alpha value is -0.980. The topological polar surface area (TPSA) is 3.24 Å². The van der Waals surface area contributed by atoms with E-state index in [9.17, 15) is 0 Å². The van der Waals surface area contributed by atoms with E-state index in [0.29, 0.717) is 0 Å². The van der Waals surface area contributed by atoms with Gasteiger partial charge in [0.15, 0.2) is 0 Å². The Morgan fingerprint density at radius 1 is 1.30 bits per heavy atom. The van der Waals surface area contributed by atoms with E-state index in [2.05, 4.69) is 68.8 Å². The number of benzene rings is 1. The highest BCUT2D eigenvalue weighted by Gasteiger charge is 2.07. The average Bonchev–Trinajstić information content (AvgIpc) is 2.80. The SMILES string of the molecule is CN(C/C=C/C#CC(C)(C)C)Cc1cccc2c(Cl)csc12.Cl. The van der Waals surface area contributed by atoms with E-state index in [-0.39, 0.29) is 17.8 Å². The molecule has 0 unspecified atom stereocenters. The van der Waals surface area contributed by atoms with Crippen LogP contribution in [0.4, 0.5) is 0 Å². The molecule has 0 radical (unpaired) electrons. The fourth-order valence-electron chi connectivity index (χ4n) is 2.12. The second-order valence-corrected chi connectivity index (χ2v) is 7.78. The molecular formula is C19H23Cl2NS. The highest BCUT2D eigenvalue weighted by atomic mass is 35.5. The molecule has 1 aromatic heterocycles. The second kappa shape index (κ2) is 8.76. The third-order valence-electron chi connectivity index (χ3n) is 3.14. The van der Waals surface area contributed by atoms with Crippen LogP contribution in [0, 0.1) is 17.3 Å². The smallest absolute Gasteiger partial charge is 0.0591 e. The first-order valence-corrected chi connectivity index (χ1v) is 8.63. The van der Waals surface area contributed by atoms with E-state index >= 15 is 0 Å². The van der Waals surface area contributed by atoms with E-state index in [4.69, 9.17) is 11.6 Å². The standard InChI is InChI=1S/C19H22ClNS.ClH/c1-19(2,3)11-6-5-7-12-21(4)13-15-9-8-10-16-17(20)14-22-18(15)16;/h5,7-10,14H,12-13H2,1-4H3;1H/b7-5+;. The van der Waals surface area contributed by atoms with Crippen molar-refractivity contribution in [1.82, 2.24) is 4.90 Å². The number of rotatable bonds is 4. The maximum atomic E-state index is 6.21. The van der Waals surface area contributed by atoms with Crippen LogP contribution in [0.5, 0.6) is 0 Å². The van der Waals surface area contributed by atoms with Crippen molar-refractivity contribution in [1.29, 1.82) is 0 Å². The van der Waals surface area contributed by atoms with Crippen molar-refractivity contribution in [2.45, 2.75) is 27.3 Å². The van der Waals surface area contributed by atoms with Crippen molar-refractivity contribution in [2.24, 2.45) is 5.41 Å². The van der Waals surface area contributed by atoms with E-state index < -0.39 is 0 Å². The van der Waals surface area contributed by atoms with Crippen molar-refractivity contribution >= 4 is 45.4 Å². The van der Waals surface area contributed by atoms with Gasteiger partial charge in [-0.05, 0) is 39.5 Å². The Balaban J connectivity index is 0.00000264. The molecule has 0 bridgehead atoms. The zero-order valence-corrected chi connectivity index (χ0v) is 16.4. The van der Waals surface area contributed by atoms with Gasteiger partial charge in [0, 0.05) is 34.0 Å². The molecule has 0 N–H and O–H groups in total. The Morgan fingerprint density at radius 2 is 2.04 bits per heavy atom. The first-order valence-electron chi connectivity index (χ1n) is 7.37. The minimum absolute atomic E-state index is 0. The lowest BCUT2D eigenvalue weighted by molar-refractivity contribution is 0.365. The fourth-order valence-corrected chi connectivity index (χ4v) is 3.40. The first kappa shape index (κ1) is 20.1. The predicted octanol–water partition coefficient (Wildman–Crippen LogP) is 6.01. The summed E-state index contributed by atoms with van der Waals surface area (Å²) < 4.78 is 1.29. The van der Waals surface area contributed by atoms with Gasteiger partial charge in [-0.25, -0.2) is 0 Å². The third kappa shape index (κ3) is 6.20. The van der Waals surface area contributed by atoms with Gasteiger partial charge in [-0.15, -0.1) is 23.7 Å². The van der Waals surface area contributed by atoms with Crippen LogP contribution in [0.1, 0.15) is 26.3 Å². The molecule has 0 saturated heterocycles. The normalized spacial score (nSPS) is 11.6. The summed E-state index contributed by atoms with van der Waals surface area (Å²) in [5.41, 5.74) is 1.38. The van der Waals surface area contributed by atoms with Crippen molar-refractivity contribution in [3.05, 3.63) is 46.3 Å². The summed E-state index contributed by atoms with van der Waals surface area (Å²) in [6.07, 6.45) is 4.06. The number of halogens is 2. The average molecular weight is 368 g/mol. The Bertz CT molecular complexity index is 729. The highest BCUT2D eigenvalue weighted by molar-refractivity contribution is 7.18. The van der Waals surface area contributed by atoms with Crippen LogP contribution < -0.4 is 0 Å². The van der Waals surface area contributed by atoms with Crippen LogP contribution in [0.25, 0.3) is 10.1 Å². The summed E-state index contributed by atoms with van der Waals surface area (Å²) in [5, 5.41) is 4.02.